The van der Waals surface area contributed by atoms with Crippen LogP contribution in [0.4, 0.5) is 0 Å². The monoisotopic (exact) mass is 482 g/mol. The number of rotatable bonds is 2. The first-order valence-electron chi connectivity index (χ1n) is 11.3. The highest BCUT2D eigenvalue weighted by Crippen LogP contribution is 2.26. The molecule has 6 heteroatoms. The fourth-order valence-corrected chi connectivity index (χ4v) is 5.32. The van der Waals surface area contributed by atoms with Gasteiger partial charge in [0.2, 0.25) is 0 Å². The van der Waals surface area contributed by atoms with Crippen LogP contribution in [0.2, 0.25) is 0 Å². The molecule has 0 aliphatic carbocycles. The lowest BCUT2D eigenvalue weighted by Crippen LogP contribution is -2.48. The lowest BCUT2D eigenvalue weighted by Gasteiger charge is -2.40. The quantitative estimate of drug-likeness (QED) is 0.510. The minimum Gasteiger partial charge on any atom is -0.337 e. The van der Waals surface area contributed by atoms with E-state index in [-0.39, 0.29) is 5.91 Å². The number of hydrogen-bond donors (Lipinski definition) is 0. The summed E-state index contributed by atoms with van der Waals surface area (Å²) >= 11 is 3.51. The van der Waals surface area contributed by atoms with Crippen LogP contribution in [-0.2, 0) is 13.0 Å². The zero-order chi connectivity index (χ0) is 22.0. The lowest BCUT2D eigenvalue weighted by molar-refractivity contribution is 0.0595. The molecule has 2 aliphatic rings. The summed E-state index contributed by atoms with van der Waals surface area (Å²) in [6.45, 7) is 9.78. The minimum absolute atomic E-state index is 0.0478. The summed E-state index contributed by atoms with van der Waals surface area (Å²) in [7, 11) is 0. The number of piperidine rings is 1. The van der Waals surface area contributed by atoms with Gasteiger partial charge in [-0.05, 0) is 64.9 Å². The molecule has 0 atom stereocenters. The molecule has 1 saturated heterocycles. The molecule has 31 heavy (non-hydrogen) atoms. The second-order valence-corrected chi connectivity index (χ2v) is 9.13. The van der Waals surface area contributed by atoms with Crippen molar-refractivity contribution in [3.8, 4) is 0 Å². The van der Waals surface area contributed by atoms with Gasteiger partial charge >= 0.3 is 0 Å². The Kier molecular flexibility index (Phi) is 6.77. The highest BCUT2D eigenvalue weighted by Gasteiger charge is 2.30. The third kappa shape index (κ3) is 4.55. The van der Waals surface area contributed by atoms with Crippen LogP contribution in [0.1, 0.15) is 53.9 Å². The van der Waals surface area contributed by atoms with Crippen LogP contribution in [0.25, 0.3) is 5.65 Å². The number of pyridine rings is 1. The van der Waals surface area contributed by atoms with E-state index in [0.29, 0.717) is 11.7 Å². The van der Waals surface area contributed by atoms with Crippen molar-refractivity contribution in [2.24, 2.45) is 0 Å². The van der Waals surface area contributed by atoms with Gasteiger partial charge in [0.05, 0.1) is 0 Å². The summed E-state index contributed by atoms with van der Waals surface area (Å²) < 4.78 is 2.92. The van der Waals surface area contributed by atoms with Gasteiger partial charge in [-0.2, -0.15) is 0 Å². The number of amides is 1. The third-order valence-corrected chi connectivity index (χ3v) is 6.78. The predicted octanol–water partition coefficient (Wildman–Crippen LogP) is 5.09. The Labute approximate surface area is 193 Å². The van der Waals surface area contributed by atoms with Gasteiger partial charge in [-0.3, -0.25) is 9.69 Å². The predicted molar refractivity (Wildman–Crippen MR) is 128 cm³/mol. The van der Waals surface area contributed by atoms with Crippen molar-refractivity contribution in [3.05, 3.63) is 69.6 Å². The van der Waals surface area contributed by atoms with Crippen molar-refractivity contribution in [2.75, 3.05) is 19.6 Å². The van der Waals surface area contributed by atoms with Crippen molar-refractivity contribution in [1.29, 1.82) is 0 Å². The normalized spacial score (nSPS) is 17.2. The van der Waals surface area contributed by atoms with Gasteiger partial charge < -0.3 is 9.30 Å². The zero-order valence-corrected chi connectivity index (χ0v) is 20.2. The van der Waals surface area contributed by atoms with Gasteiger partial charge in [-0.25, -0.2) is 4.98 Å². The summed E-state index contributed by atoms with van der Waals surface area (Å²) in [5.41, 5.74) is 5.39. The van der Waals surface area contributed by atoms with Gasteiger partial charge in [0.15, 0.2) is 0 Å². The van der Waals surface area contributed by atoms with Crippen LogP contribution in [0.5, 0.6) is 0 Å². The molecule has 3 aromatic rings. The van der Waals surface area contributed by atoms with E-state index in [1.54, 1.807) is 0 Å². The SMILES string of the molecule is CC.Cc1cc(Br)cn2cc(C(=O)N3CCC(N4CCc5ccccc5C4)CC3)nc12. The summed E-state index contributed by atoms with van der Waals surface area (Å²) in [6.07, 6.45) is 7.00. The standard InChI is InChI=1S/C23H25BrN4O.C2H6/c1-16-12-19(24)14-28-15-21(25-22(16)28)23(29)26-10-7-20(8-11-26)27-9-6-17-4-2-3-5-18(17)13-27;1-2/h2-5,12,14-15,20H,6-11,13H2,1H3;1-2H3. The van der Waals surface area contributed by atoms with Crippen molar-refractivity contribution >= 4 is 27.5 Å². The number of imidazole rings is 1. The Morgan fingerprint density at radius 3 is 2.52 bits per heavy atom. The van der Waals surface area contributed by atoms with Crippen LogP contribution in [0, 0.1) is 6.92 Å². The summed E-state index contributed by atoms with van der Waals surface area (Å²) in [5.74, 6) is 0.0478. The Morgan fingerprint density at radius 2 is 1.77 bits per heavy atom. The zero-order valence-electron chi connectivity index (χ0n) is 18.6. The molecule has 2 aromatic heterocycles. The molecule has 0 unspecified atom stereocenters. The molecule has 0 N–H and O–H groups in total. The molecule has 2 aliphatic heterocycles. The molecule has 4 heterocycles. The number of benzene rings is 1. The number of fused-ring (bicyclic) bond motifs is 2. The fourth-order valence-electron chi connectivity index (χ4n) is 4.75. The van der Waals surface area contributed by atoms with Crippen molar-refractivity contribution in [3.63, 3.8) is 0 Å². The van der Waals surface area contributed by atoms with Gasteiger partial charge in [-0.1, -0.05) is 38.1 Å². The maximum absolute atomic E-state index is 13.0. The fraction of sp³-hybridized carbons (Fsp3) is 0.440. The largest absolute Gasteiger partial charge is 0.337 e. The Bertz CT molecular complexity index is 1070. The molecule has 1 aromatic carbocycles. The molecular formula is C25H31BrN4O. The smallest absolute Gasteiger partial charge is 0.274 e. The van der Waals surface area contributed by atoms with Gasteiger partial charge in [0, 0.05) is 49.1 Å². The van der Waals surface area contributed by atoms with Crippen LogP contribution in [0.3, 0.4) is 0 Å². The first kappa shape index (κ1) is 22.0. The van der Waals surface area contributed by atoms with E-state index < -0.39 is 0 Å². The highest BCUT2D eigenvalue weighted by atomic mass is 79.9. The van der Waals surface area contributed by atoms with E-state index in [1.165, 1.54) is 11.1 Å². The average Bonchev–Trinajstić information content (AvgIpc) is 3.24. The van der Waals surface area contributed by atoms with Crippen molar-refractivity contribution < 1.29 is 4.79 Å². The molecular weight excluding hydrogens is 452 g/mol. The second-order valence-electron chi connectivity index (χ2n) is 8.21. The number of hydrogen-bond acceptors (Lipinski definition) is 3. The van der Waals surface area contributed by atoms with Crippen LogP contribution < -0.4 is 0 Å². The van der Waals surface area contributed by atoms with Crippen LogP contribution >= 0.6 is 15.9 Å². The van der Waals surface area contributed by atoms with Crippen molar-refractivity contribution in [1.82, 2.24) is 19.2 Å². The first-order valence-corrected chi connectivity index (χ1v) is 12.1. The number of likely N-dealkylation sites (tertiary alicyclic amines) is 1. The molecule has 1 amide bonds. The second kappa shape index (κ2) is 9.53. The van der Waals surface area contributed by atoms with Gasteiger partial charge in [-0.15, -0.1) is 0 Å². The van der Waals surface area contributed by atoms with E-state index in [1.807, 2.05) is 48.5 Å². The van der Waals surface area contributed by atoms with Gasteiger partial charge in [0.1, 0.15) is 11.3 Å². The molecule has 0 spiro atoms. The maximum Gasteiger partial charge on any atom is 0.274 e. The van der Waals surface area contributed by atoms with Crippen molar-refractivity contribution in [2.45, 2.75) is 52.6 Å². The van der Waals surface area contributed by atoms with E-state index in [4.69, 9.17) is 0 Å². The Balaban J connectivity index is 0.00000112. The summed E-state index contributed by atoms with van der Waals surface area (Å²) in [4.78, 5) is 22.2. The lowest BCUT2D eigenvalue weighted by atomic mass is 9.95. The van der Waals surface area contributed by atoms with Crippen LogP contribution in [-0.4, -0.2) is 50.8 Å². The number of carbonyl (C=O) groups excluding carboxylic acids is 1. The number of aryl methyl sites for hydroxylation is 1. The molecule has 0 radical (unpaired) electrons. The molecule has 5 nitrogen and oxygen atoms in total. The summed E-state index contributed by atoms with van der Waals surface area (Å²) in [6, 6.07) is 11.4. The molecule has 1 fully saturated rings. The van der Waals surface area contributed by atoms with E-state index >= 15 is 0 Å². The Hall–Kier alpha value is -2.18. The first-order chi connectivity index (χ1) is 15.1. The minimum atomic E-state index is 0.0478. The number of nitrogens with zero attached hydrogens (tertiary/aromatic N) is 4. The topological polar surface area (TPSA) is 40.9 Å². The highest BCUT2D eigenvalue weighted by molar-refractivity contribution is 9.10. The average molecular weight is 483 g/mol. The molecule has 0 bridgehead atoms. The Morgan fingerprint density at radius 1 is 1.06 bits per heavy atom. The molecule has 5 rings (SSSR count). The molecule has 0 saturated carbocycles. The van der Waals surface area contributed by atoms with E-state index in [0.717, 1.165) is 61.1 Å². The molecule has 164 valence electrons. The number of carbonyl (C=O) groups is 1. The van der Waals surface area contributed by atoms with E-state index in [9.17, 15) is 4.79 Å². The van der Waals surface area contributed by atoms with Gasteiger partial charge in [0.25, 0.3) is 5.91 Å². The number of aromatic nitrogens is 2. The van der Waals surface area contributed by atoms with E-state index in [2.05, 4.69) is 50.1 Å². The summed E-state index contributed by atoms with van der Waals surface area (Å²) in [5, 5.41) is 0. The number of halogens is 1. The van der Waals surface area contributed by atoms with Crippen LogP contribution in [0.15, 0.2) is 47.2 Å². The third-order valence-electron chi connectivity index (χ3n) is 6.35. The maximum atomic E-state index is 13.0.